The third-order valence-corrected chi connectivity index (χ3v) is 2.83. The van der Waals surface area contributed by atoms with Gasteiger partial charge >= 0.3 is 0 Å². The van der Waals surface area contributed by atoms with Crippen LogP contribution in [0.2, 0.25) is 0 Å². The summed E-state index contributed by atoms with van der Waals surface area (Å²) in [6.07, 6.45) is 2.14. The number of aliphatic hydroxyl groups excluding tert-OH is 1. The van der Waals surface area contributed by atoms with Gasteiger partial charge in [-0.2, -0.15) is 0 Å². The first-order valence-electron chi connectivity index (χ1n) is 5.55. The maximum atomic E-state index is 12.0. The molecule has 1 saturated carbocycles. The number of morpholine rings is 1. The number of nitrogens with one attached hydrogen (secondary N) is 1. The Labute approximate surface area is 89.4 Å². The molecule has 2 N–H and O–H groups in total. The largest absolute Gasteiger partial charge is 0.395 e. The van der Waals surface area contributed by atoms with E-state index in [4.69, 9.17) is 9.84 Å². The molecular weight excluding hydrogens is 196 g/mol. The van der Waals surface area contributed by atoms with Crippen molar-refractivity contribution >= 4 is 5.91 Å². The van der Waals surface area contributed by atoms with Gasteiger partial charge in [0, 0.05) is 19.1 Å². The summed E-state index contributed by atoms with van der Waals surface area (Å²) < 4.78 is 5.26. The van der Waals surface area contributed by atoms with Gasteiger partial charge in [0.05, 0.1) is 19.8 Å². The lowest BCUT2D eigenvalue weighted by Crippen LogP contribution is -2.53. The van der Waals surface area contributed by atoms with Crippen LogP contribution < -0.4 is 5.32 Å². The summed E-state index contributed by atoms with van der Waals surface area (Å²) in [4.78, 5) is 13.8. The van der Waals surface area contributed by atoms with Crippen molar-refractivity contribution in [1.29, 1.82) is 0 Å². The molecule has 0 radical (unpaired) electrons. The summed E-state index contributed by atoms with van der Waals surface area (Å²) in [6, 6.07) is 0.138. The molecule has 1 saturated heterocycles. The van der Waals surface area contributed by atoms with E-state index in [2.05, 4.69) is 5.32 Å². The van der Waals surface area contributed by atoms with Crippen LogP contribution in [0.15, 0.2) is 0 Å². The van der Waals surface area contributed by atoms with Crippen molar-refractivity contribution in [3.63, 3.8) is 0 Å². The molecule has 86 valence electrons. The first kappa shape index (κ1) is 10.9. The van der Waals surface area contributed by atoms with Gasteiger partial charge in [-0.15, -0.1) is 0 Å². The molecule has 15 heavy (non-hydrogen) atoms. The first-order valence-corrected chi connectivity index (χ1v) is 5.55. The Kier molecular flexibility index (Phi) is 3.56. The number of hydrogen-bond donors (Lipinski definition) is 2. The SMILES string of the molecule is O=C(C1COCCN1)N(CCO)C1CC1. The second-order valence-corrected chi connectivity index (χ2v) is 4.07. The lowest BCUT2D eigenvalue weighted by molar-refractivity contribution is -0.137. The van der Waals surface area contributed by atoms with Crippen molar-refractivity contribution < 1.29 is 14.6 Å². The highest BCUT2D eigenvalue weighted by molar-refractivity contribution is 5.82. The van der Waals surface area contributed by atoms with Crippen molar-refractivity contribution in [2.75, 3.05) is 32.9 Å². The maximum Gasteiger partial charge on any atom is 0.242 e. The number of amides is 1. The average molecular weight is 214 g/mol. The van der Waals surface area contributed by atoms with Gasteiger partial charge in [0.15, 0.2) is 0 Å². The quantitative estimate of drug-likeness (QED) is 0.627. The van der Waals surface area contributed by atoms with Crippen molar-refractivity contribution in [1.82, 2.24) is 10.2 Å². The molecule has 1 aliphatic carbocycles. The highest BCUT2D eigenvalue weighted by Gasteiger charge is 2.35. The summed E-state index contributed by atoms with van der Waals surface area (Å²) in [6.45, 7) is 2.34. The number of carbonyl (C=O) groups is 1. The molecule has 2 rings (SSSR count). The fraction of sp³-hybridized carbons (Fsp3) is 0.900. The van der Waals surface area contributed by atoms with Crippen LogP contribution in [-0.2, 0) is 9.53 Å². The first-order chi connectivity index (χ1) is 7.33. The molecule has 0 aromatic carbocycles. The van der Waals surface area contributed by atoms with Gasteiger partial charge in [0.1, 0.15) is 6.04 Å². The Morgan fingerprint density at radius 3 is 2.87 bits per heavy atom. The fourth-order valence-corrected chi connectivity index (χ4v) is 1.89. The van der Waals surface area contributed by atoms with Crippen LogP contribution in [0.1, 0.15) is 12.8 Å². The zero-order valence-corrected chi connectivity index (χ0v) is 8.82. The summed E-state index contributed by atoms with van der Waals surface area (Å²) in [5.74, 6) is 0.0752. The van der Waals surface area contributed by atoms with Crippen LogP contribution in [0.3, 0.4) is 0 Å². The second kappa shape index (κ2) is 4.92. The summed E-state index contributed by atoms with van der Waals surface area (Å²) in [5.41, 5.74) is 0. The number of ether oxygens (including phenoxy) is 1. The van der Waals surface area contributed by atoms with Crippen molar-refractivity contribution in [2.24, 2.45) is 0 Å². The van der Waals surface area contributed by atoms with Crippen LogP contribution in [0.25, 0.3) is 0 Å². The van der Waals surface area contributed by atoms with E-state index in [1.54, 1.807) is 4.90 Å². The molecular formula is C10H18N2O3. The van der Waals surface area contributed by atoms with Gasteiger partial charge in [0.25, 0.3) is 0 Å². The van der Waals surface area contributed by atoms with Crippen LogP contribution in [0.4, 0.5) is 0 Å². The van der Waals surface area contributed by atoms with E-state index in [1.807, 2.05) is 0 Å². The number of nitrogens with zero attached hydrogens (tertiary/aromatic N) is 1. The highest BCUT2D eigenvalue weighted by atomic mass is 16.5. The molecule has 0 spiro atoms. The predicted molar refractivity (Wildman–Crippen MR) is 54.4 cm³/mol. The number of rotatable bonds is 4. The van der Waals surface area contributed by atoms with E-state index in [-0.39, 0.29) is 18.6 Å². The van der Waals surface area contributed by atoms with Crippen molar-refractivity contribution in [3.05, 3.63) is 0 Å². The molecule has 2 fully saturated rings. The van der Waals surface area contributed by atoms with E-state index >= 15 is 0 Å². The van der Waals surface area contributed by atoms with Gasteiger partial charge in [-0.05, 0) is 12.8 Å². The zero-order chi connectivity index (χ0) is 10.7. The molecule has 1 atom stereocenters. The third kappa shape index (κ3) is 2.68. The number of aliphatic hydroxyl groups is 1. The van der Waals surface area contributed by atoms with Gasteiger partial charge < -0.3 is 20.1 Å². The van der Waals surface area contributed by atoms with E-state index in [9.17, 15) is 4.79 Å². The lowest BCUT2D eigenvalue weighted by atomic mass is 10.2. The Hall–Kier alpha value is -0.650. The molecule has 1 amide bonds. The van der Waals surface area contributed by atoms with E-state index in [0.717, 1.165) is 19.4 Å². The molecule has 5 heteroatoms. The predicted octanol–water partition coefficient (Wildman–Crippen LogP) is -1.04. The van der Waals surface area contributed by atoms with E-state index in [1.165, 1.54) is 0 Å². The number of carbonyl (C=O) groups excluding carboxylic acids is 1. The minimum Gasteiger partial charge on any atom is -0.395 e. The van der Waals surface area contributed by atoms with Gasteiger partial charge in [-0.1, -0.05) is 0 Å². The Morgan fingerprint density at radius 2 is 2.33 bits per heavy atom. The smallest absolute Gasteiger partial charge is 0.242 e. The average Bonchev–Trinajstić information content (AvgIpc) is 3.10. The van der Waals surface area contributed by atoms with Gasteiger partial charge in [0.2, 0.25) is 5.91 Å². The van der Waals surface area contributed by atoms with E-state index < -0.39 is 0 Å². The summed E-state index contributed by atoms with van der Waals surface area (Å²) in [7, 11) is 0. The lowest BCUT2D eigenvalue weighted by Gasteiger charge is -2.29. The van der Waals surface area contributed by atoms with Crippen molar-refractivity contribution in [3.8, 4) is 0 Å². The highest BCUT2D eigenvalue weighted by Crippen LogP contribution is 2.27. The molecule has 1 heterocycles. The third-order valence-electron chi connectivity index (χ3n) is 2.83. The van der Waals surface area contributed by atoms with Gasteiger partial charge in [-0.25, -0.2) is 0 Å². The monoisotopic (exact) mass is 214 g/mol. The fourth-order valence-electron chi connectivity index (χ4n) is 1.89. The van der Waals surface area contributed by atoms with Crippen LogP contribution >= 0.6 is 0 Å². The molecule has 0 aromatic rings. The van der Waals surface area contributed by atoms with Crippen LogP contribution in [-0.4, -0.2) is 60.9 Å². The van der Waals surface area contributed by atoms with Crippen LogP contribution in [0, 0.1) is 0 Å². The molecule has 5 nitrogen and oxygen atoms in total. The minimum atomic E-state index is -0.217. The normalized spacial score (nSPS) is 26.3. The topological polar surface area (TPSA) is 61.8 Å². The molecule has 0 bridgehead atoms. The standard InChI is InChI=1S/C10H18N2O3/c13-5-4-12(8-1-2-8)10(14)9-7-15-6-3-11-9/h8-9,11,13H,1-7H2. The minimum absolute atomic E-state index is 0.0375. The molecule has 1 aliphatic heterocycles. The molecule has 1 unspecified atom stereocenters. The molecule has 0 aromatic heterocycles. The summed E-state index contributed by atoms with van der Waals surface area (Å²) >= 11 is 0. The Bertz CT molecular complexity index is 225. The maximum absolute atomic E-state index is 12.0. The van der Waals surface area contributed by atoms with Gasteiger partial charge in [-0.3, -0.25) is 4.79 Å². The summed E-state index contributed by atoms with van der Waals surface area (Å²) in [5, 5.41) is 12.1. The Balaban J connectivity index is 1.90. The second-order valence-electron chi connectivity index (χ2n) is 4.07. The Morgan fingerprint density at radius 1 is 1.53 bits per heavy atom. The van der Waals surface area contributed by atoms with Crippen LogP contribution in [0.5, 0.6) is 0 Å². The zero-order valence-electron chi connectivity index (χ0n) is 8.82. The van der Waals surface area contributed by atoms with Crippen molar-refractivity contribution in [2.45, 2.75) is 24.9 Å². The van der Waals surface area contributed by atoms with E-state index in [0.29, 0.717) is 25.8 Å². The number of hydrogen-bond acceptors (Lipinski definition) is 4. The molecule has 2 aliphatic rings.